The van der Waals surface area contributed by atoms with Crippen LogP contribution in [-0.2, 0) is 4.79 Å². The van der Waals surface area contributed by atoms with Crippen molar-refractivity contribution in [3.05, 3.63) is 22.7 Å². The summed E-state index contributed by atoms with van der Waals surface area (Å²) in [4.78, 5) is 13.2. The van der Waals surface area contributed by atoms with Crippen LogP contribution in [0.1, 0.15) is 0 Å². The zero-order chi connectivity index (χ0) is 10.8. The van der Waals surface area contributed by atoms with E-state index in [-0.39, 0.29) is 5.91 Å². The number of rotatable bonds is 1. The van der Waals surface area contributed by atoms with Crippen LogP contribution < -0.4 is 16.0 Å². The van der Waals surface area contributed by atoms with Crippen molar-refractivity contribution in [1.29, 1.82) is 0 Å². The lowest BCUT2D eigenvalue weighted by Crippen LogP contribution is -2.47. The Balaban J connectivity index is 2.24. The van der Waals surface area contributed by atoms with Crippen LogP contribution >= 0.6 is 15.9 Å². The van der Waals surface area contributed by atoms with Crippen LogP contribution in [0.2, 0.25) is 0 Å². The molecule has 1 amide bonds. The predicted octanol–water partition coefficient (Wildman–Crippen LogP) is 0.967. The number of halogens is 1. The topological polar surface area (TPSA) is 58.4 Å². The molecule has 0 atom stereocenters. The SMILES string of the molecule is Nc1cc(Br)ccc1N1CCNC(=O)C1. The lowest BCUT2D eigenvalue weighted by molar-refractivity contribution is -0.120. The highest BCUT2D eigenvalue weighted by atomic mass is 79.9. The number of nitrogens with one attached hydrogen (secondary N) is 1. The zero-order valence-corrected chi connectivity index (χ0v) is 9.75. The van der Waals surface area contributed by atoms with Gasteiger partial charge in [0.2, 0.25) is 5.91 Å². The summed E-state index contributed by atoms with van der Waals surface area (Å²) in [5.41, 5.74) is 7.51. The number of nitrogens with zero attached hydrogens (tertiary/aromatic N) is 1. The molecule has 0 spiro atoms. The molecule has 1 fully saturated rings. The van der Waals surface area contributed by atoms with E-state index < -0.39 is 0 Å². The van der Waals surface area contributed by atoms with E-state index in [9.17, 15) is 4.79 Å². The summed E-state index contributed by atoms with van der Waals surface area (Å²) in [6.07, 6.45) is 0. The minimum Gasteiger partial charge on any atom is -0.397 e. The number of hydrogen-bond donors (Lipinski definition) is 2. The number of piperazine rings is 1. The first kappa shape index (κ1) is 10.3. The third-order valence-corrected chi connectivity index (χ3v) is 2.86. The average molecular weight is 270 g/mol. The molecular formula is C10H12BrN3O. The number of benzene rings is 1. The van der Waals surface area contributed by atoms with Crippen LogP contribution in [0.25, 0.3) is 0 Å². The molecule has 5 heteroatoms. The highest BCUT2D eigenvalue weighted by molar-refractivity contribution is 9.10. The first-order chi connectivity index (χ1) is 7.16. The summed E-state index contributed by atoms with van der Waals surface area (Å²) in [6.45, 7) is 1.86. The Morgan fingerprint density at radius 1 is 1.47 bits per heavy atom. The average Bonchev–Trinajstić information content (AvgIpc) is 2.17. The van der Waals surface area contributed by atoms with Crippen LogP contribution in [0.15, 0.2) is 22.7 Å². The molecule has 0 saturated carbocycles. The van der Waals surface area contributed by atoms with E-state index in [1.165, 1.54) is 0 Å². The van der Waals surface area contributed by atoms with Gasteiger partial charge in [0.15, 0.2) is 0 Å². The number of hydrogen-bond acceptors (Lipinski definition) is 3. The quantitative estimate of drug-likeness (QED) is 0.747. The molecule has 4 nitrogen and oxygen atoms in total. The van der Waals surface area contributed by atoms with Crippen LogP contribution in [0.4, 0.5) is 11.4 Å². The molecular weight excluding hydrogens is 258 g/mol. The fourth-order valence-corrected chi connectivity index (χ4v) is 2.04. The number of nitrogen functional groups attached to an aromatic ring is 1. The fourth-order valence-electron chi connectivity index (χ4n) is 1.66. The van der Waals surface area contributed by atoms with Gasteiger partial charge in [0, 0.05) is 17.6 Å². The molecule has 0 aromatic heterocycles. The molecule has 0 radical (unpaired) electrons. The number of carbonyl (C=O) groups is 1. The molecule has 0 unspecified atom stereocenters. The lowest BCUT2D eigenvalue weighted by atomic mass is 10.2. The predicted molar refractivity (Wildman–Crippen MR) is 63.8 cm³/mol. The smallest absolute Gasteiger partial charge is 0.239 e. The van der Waals surface area contributed by atoms with Gasteiger partial charge in [-0.05, 0) is 18.2 Å². The molecule has 0 aliphatic carbocycles. The van der Waals surface area contributed by atoms with Crippen molar-refractivity contribution < 1.29 is 4.79 Å². The summed E-state index contributed by atoms with van der Waals surface area (Å²) < 4.78 is 0.949. The van der Waals surface area contributed by atoms with Gasteiger partial charge in [0.1, 0.15) is 0 Å². The molecule has 2 rings (SSSR count). The van der Waals surface area contributed by atoms with Gasteiger partial charge in [-0.15, -0.1) is 0 Å². The molecule has 1 saturated heterocycles. The molecule has 1 heterocycles. The van der Waals surface area contributed by atoms with E-state index in [0.29, 0.717) is 18.8 Å². The number of anilines is 2. The Bertz CT molecular complexity index is 394. The first-order valence-corrected chi connectivity index (χ1v) is 5.53. The monoisotopic (exact) mass is 269 g/mol. The summed E-state index contributed by atoms with van der Waals surface area (Å²) in [7, 11) is 0. The van der Waals surface area contributed by atoms with Crippen molar-refractivity contribution in [3.8, 4) is 0 Å². The molecule has 15 heavy (non-hydrogen) atoms. The first-order valence-electron chi connectivity index (χ1n) is 4.73. The van der Waals surface area contributed by atoms with Crippen LogP contribution in [0, 0.1) is 0 Å². The summed E-state index contributed by atoms with van der Waals surface area (Å²) in [5.74, 6) is 0.0450. The van der Waals surface area contributed by atoms with E-state index in [2.05, 4.69) is 21.2 Å². The molecule has 1 aromatic rings. The summed E-state index contributed by atoms with van der Waals surface area (Å²) >= 11 is 3.35. The molecule has 3 N–H and O–H groups in total. The number of carbonyl (C=O) groups excluding carboxylic acids is 1. The van der Waals surface area contributed by atoms with Crippen LogP contribution in [0.5, 0.6) is 0 Å². The highest BCUT2D eigenvalue weighted by Crippen LogP contribution is 2.26. The minimum atomic E-state index is 0.0450. The second-order valence-corrected chi connectivity index (χ2v) is 4.39. The molecule has 0 bridgehead atoms. The van der Waals surface area contributed by atoms with E-state index in [1.807, 2.05) is 23.1 Å². The van der Waals surface area contributed by atoms with Crippen molar-refractivity contribution in [1.82, 2.24) is 5.32 Å². The second kappa shape index (κ2) is 4.10. The standard InChI is InChI=1S/C10H12BrN3O/c11-7-1-2-9(8(12)5-7)14-4-3-13-10(15)6-14/h1-2,5H,3-4,6,12H2,(H,13,15). The third-order valence-electron chi connectivity index (χ3n) is 2.37. The maximum Gasteiger partial charge on any atom is 0.239 e. The van der Waals surface area contributed by atoms with Crippen LogP contribution in [-0.4, -0.2) is 25.5 Å². The summed E-state index contributed by atoms with van der Waals surface area (Å²) in [6, 6.07) is 5.71. The Morgan fingerprint density at radius 3 is 2.93 bits per heavy atom. The van der Waals surface area contributed by atoms with E-state index >= 15 is 0 Å². The Kier molecular flexibility index (Phi) is 2.81. The maximum atomic E-state index is 11.2. The van der Waals surface area contributed by atoms with Crippen LogP contribution in [0.3, 0.4) is 0 Å². The molecule has 80 valence electrons. The fraction of sp³-hybridized carbons (Fsp3) is 0.300. The Morgan fingerprint density at radius 2 is 2.27 bits per heavy atom. The largest absolute Gasteiger partial charge is 0.397 e. The molecule has 1 aliphatic heterocycles. The minimum absolute atomic E-state index is 0.0450. The van der Waals surface area contributed by atoms with Gasteiger partial charge < -0.3 is 16.0 Å². The van der Waals surface area contributed by atoms with Gasteiger partial charge in [-0.1, -0.05) is 15.9 Å². The maximum absolute atomic E-state index is 11.2. The van der Waals surface area contributed by atoms with Crippen molar-refractivity contribution in [2.75, 3.05) is 30.3 Å². The van der Waals surface area contributed by atoms with Crippen molar-refractivity contribution in [2.45, 2.75) is 0 Å². The van der Waals surface area contributed by atoms with Gasteiger partial charge in [0.25, 0.3) is 0 Å². The van der Waals surface area contributed by atoms with Gasteiger partial charge in [-0.2, -0.15) is 0 Å². The Labute approximate surface area is 96.6 Å². The number of nitrogens with two attached hydrogens (primary N) is 1. The van der Waals surface area contributed by atoms with Gasteiger partial charge >= 0.3 is 0 Å². The van der Waals surface area contributed by atoms with Crippen molar-refractivity contribution in [2.24, 2.45) is 0 Å². The highest BCUT2D eigenvalue weighted by Gasteiger charge is 2.17. The third kappa shape index (κ3) is 2.23. The molecule has 1 aliphatic rings. The van der Waals surface area contributed by atoms with Gasteiger partial charge in [-0.25, -0.2) is 0 Å². The van der Waals surface area contributed by atoms with Gasteiger partial charge in [0.05, 0.1) is 17.9 Å². The zero-order valence-electron chi connectivity index (χ0n) is 8.16. The van der Waals surface area contributed by atoms with Crippen molar-refractivity contribution in [3.63, 3.8) is 0 Å². The normalized spacial score (nSPS) is 16.3. The summed E-state index contributed by atoms with van der Waals surface area (Å²) in [5, 5.41) is 2.78. The number of amides is 1. The van der Waals surface area contributed by atoms with Gasteiger partial charge in [-0.3, -0.25) is 4.79 Å². The van der Waals surface area contributed by atoms with E-state index in [0.717, 1.165) is 16.7 Å². The Hall–Kier alpha value is -1.23. The van der Waals surface area contributed by atoms with E-state index in [1.54, 1.807) is 0 Å². The molecule has 1 aromatic carbocycles. The second-order valence-electron chi connectivity index (χ2n) is 3.47. The van der Waals surface area contributed by atoms with Crippen molar-refractivity contribution >= 4 is 33.2 Å². The lowest BCUT2D eigenvalue weighted by Gasteiger charge is -2.29. The van der Waals surface area contributed by atoms with E-state index in [4.69, 9.17) is 5.73 Å².